The number of pyridine rings is 1. The van der Waals surface area contributed by atoms with Gasteiger partial charge in [0.25, 0.3) is 11.7 Å². The number of amides is 1. The summed E-state index contributed by atoms with van der Waals surface area (Å²) in [5, 5.41) is 2.70. The van der Waals surface area contributed by atoms with Crippen molar-refractivity contribution in [3.8, 4) is 16.9 Å². The fourth-order valence-corrected chi connectivity index (χ4v) is 3.70. The average Bonchev–Trinajstić information content (AvgIpc) is 3.17. The normalized spacial score (nSPS) is 11.4. The molecule has 4 rings (SSSR count). The minimum absolute atomic E-state index is 0.0660. The molecule has 0 spiro atoms. The van der Waals surface area contributed by atoms with Crippen molar-refractivity contribution in [2.75, 3.05) is 12.4 Å². The lowest BCUT2D eigenvalue weighted by molar-refractivity contribution is -0.137. The Morgan fingerprint density at radius 3 is 2.36 bits per heavy atom. The second-order valence-electron chi connectivity index (χ2n) is 7.11. The predicted molar refractivity (Wildman–Crippen MR) is 119 cm³/mol. The molecule has 0 saturated heterocycles. The first-order chi connectivity index (χ1) is 15.7. The van der Waals surface area contributed by atoms with E-state index < -0.39 is 23.4 Å². The average molecular weight is 473 g/mol. The Balaban J connectivity index is 1.71. The van der Waals surface area contributed by atoms with E-state index in [9.17, 15) is 22.8 Å². The number of alkyl halides is 3. The molecule has 0 bridgehead atoms. The maximum absolute atomic E-state index is 13.2. The molecule has 0 saturated carbocycles. The van der Waals surface area contributed by atoms with Crippen LogP contribution in [0, 0.1) is 0 Å². The minimum Gasteiger partial charge on any atom is -0.495 e. The van der Waals surface area contributed by atoms with Crippen molar-refractivity contribution in [1.82, 2.24) is 4.40 Å². The quantitative estimate of drug-likeness (QED) is 0.282. The third-order valence-electron chi connectivity index (χ3n) is 5.03. The van der Waals surface area contributed by atoms with E-state index >= 15 is 0 Å². The molecule has 1 N–H and O–H groups in total. The van der Waals surface area contributed by atoms with Crippen molar-refractivity contribution < 1.29 is 27.5 Å². The van der Waals surface area contributed by atoms with Crippen LogP contribution in [0.4, 0.5) is 18.9 Å². The van der Waals surface area contributed by atoms with Crippen LogP contribution in [-0.4, -0.2) is 23.2 Å². The number of hydrogen-bond donors (Lipinski definition) is 1. The molecule has 5 nitrogen and oxygen atoms in total. The first-order valence-electron chi connectivity index (χ1n) is 9.66. The van der Waals surface area contributed by atoms with Gasteiger partial charge in [0, 0.05) is 23.0 Å². The number of nitrogens with zero attached hydrogens (tertiary/aromatic N) is 1. The number of hydrogen-bond acceptors (Lipinski definition) is 3. The van der Waals surface area contributed by atoms with Crippen molar-refractivity contribution in [3.05, 3.63) is 89.2 Å². The summed E-state index contributed by atoms with van der Waals surface area (Å²) in [4.78, 5) is 25.9. The Kier molecular flexibility index (Phi) is 5.86. The van der Waals surface area contributed by atoms with Gasteiger partial charge in [-0.1, -0.05) is 23.7 Å². The van der Waals surface area contributed by atoms with Crippen LogP contribution in [0.25, 0.3) is 16.6 Å². The van der Waals surface area contributed by atoms with Gasteiger partial charge in [-0.15, -0.1) is 0 Å². The number of methoxy groups -OCH3 is 1. The number of carbonyl (C=O) groups is 2. The van der Waals surface area contributed by atoms with Crippen molar-refractivity contribution in [3.63, 3.8) is 0 Å². The van der Waals surface area contributed by atoms with E-state index in [0.29, 0.717) is 27.4 Å². The number of nitrogens with one attached hydrogen (secondary N) is 1. The Bertz CT molecular complexity index is 1360. The fourth-order valence-electron chi connectivity index (χ4n) is 3.45. The van der Waals surface area contributed by atoms with Crippen LogP contribution < -0.4 is 10.1 Å². The molecule has 4 aromatic rings. The molecule has 0 radical (unpaired) electrons. The summed E-state index contributed by atoms with van der Waals surface area (Å²) in [6.45, 7) is 0. The summed E-state index contributed by atoms with van der Waals surface area (Å²) >= 11 is 6.25. The molecule has 2 heterocycles. The lowest BCUT2D eigenvalue weighted by Crippen LogP contribution is -2.24. The zero-order valence-corrected chi connectivity index (χ0v) is 17.9. The van der Waals surface area contributed by atoms with Crippen molar-refractivity contribution >= 4 is 34.5 Å². The number of aromatic nitrogens is 1. The molecule has 168 valence electrons. The molecule has 2 aromatic carbocycles. The highest BCUT2D eigenvalue weighted by Crippen LogP contribution is 2.34. The van der Waals surface area contributed by atoms with E-state index in [2.05, 4.69) is 5.32 Å². The molecule has 0 aliphatic carbocycles. The summed E-state index contributed by atoms with van der Waals surface area (Å²) in [6.07, 6.45) is -2.86. The maximum Gasteiger partial charge on any atom is 0.416 e. The summed E-state index contributed by atoms with van der Waals surface area (Å²) in [5.74, 6) is -1.39. The number of ketones is 1. The fraction of sp³-hybridized carbons (Fsp3) is 0.0833. The second-order valence-corrected chi connectivity index (χ2v) is 7.52. The van der Waals surface area contributed by atoms with Gasteiger partial charge in [0.15, 0.2) is 0 Å². The monoisotopic (exact) mass is 472 g/mol. The molecular formula is C24H16ClF3N2O3. The van der Waals surface area contributed by atoms with Gasteiger partial charge in [0.1, 0.15) is 11.4 Å². The van der Waals surface area contributed by atoms with Gasteiger partial charge in [-0.3, -0.25) is 9.59 Å². The van der Waals surface area contributed by atoms with Gasteiger partial charge >= 0.3 is 6.18 Å². The summed E-state index contributed by atoms with van der Waals surface area (Å²) in [5.41, 5.74) is 1.04. The number of anilines is 1. The van der Waals surface area contributed by atoms with Gasteiger partial charge in [0.2, 0.25) is 0 Å². The highest BCUT2D eigenvalue weighted by Gasteiger charge is 2.30. The third-order valence-corrected chi connectivity index (χ3v) is 5.33. The lowest BCUT2D eigenvalue weighted by atomic mass is 10.0. The first-order valence-corrected chi connectivity index (χ1v) is 10.0. The molecule has 9 heteroatoms. The van der Waals surface area contributed by atoms with Gasteiger partial charge < -0.3 is 14.5 Å². The first kappa shape index (κ1) is 22.4. The molecule has 2 aromatic heterocycles. The van der Waals surface area contributed by atoms with Crippen LogP contribution in [0.2, 0.25) is 5.02 Å². The molecule has 0 atom stereocenters. The van der Waals surface area contributed by atoms with Crippen LogP contribution in [0.3, 0.4) is 0 Å². The lowest BCUT2D eigenvalue weighted by Gasteiger charge is -2.10. The molecule has 0 aliphatic heterocycles. The molecule has 33 heavy (non-hydrogen) atoms. The number of halogens is 4. The van der Waals surface area contributed by atoms with E-state index in [-0.39, 0.29) is 11.4 Å². The van der Waals surface area contributed by atoms with Crippen LogP contribution >= 0.6 is 11.6 Å². The van der Waals surface area contributed by atoms with Crippen molar-refractivity contribution in [2.24, 2.45) is 0 Å². The van der Waals surface area contributed by atoms with Crippen LogP contribution in [0.1, 0.15) is 16.1 Å². The smallest absolute Gasteiger partial charge is 0.416 e. The van der Waals surface area contributed by atoms with Crippen LogP contribution in [0.5, 0.6) is 5.75 Å². The zero-order valence-electron chi connectivity index (χ0n) is 17.1. The topological polar surface area (TPSA) is 59.8 Å². The van der Waals surface area contributed by atoms with Gasteiger partial charge in [-0.2, -0.15) is 13.2 Å². The van der Waals surface area contributed by atoms with E-state index in [1.807, 2.05) is 0 Å². The maximum atomic E-state index is 13.2. The van der Waals surface area contributed by atoms with Crippen molar-refractivity contribution in [1.29, 1.82) is 0 Å². The summed E-state index contributed by atoms with van der Waals surface area (Å²) in [7, 11) is 1.48. The SMILES string of the molecule is COc1ccc(-c2cc3ccccn3c2C(=O)C(=O)Nc2ccc(C(F)(F)F)cc2)cc1Cl. The molecule has 0 fully saturated rings. The molecular weight excluding hydrogens is 457 g/mol. The number of ether oxygens (including phenoxy) is 1. The van der Waals surface area contributed by atoms with Gasteiger partial charge in [-0.25, -0.2) is 0 Å². The number of Topliss-reactive ketones (excluding diaryl/α,β-unsaturated/α-hetero) is 1. The summed E-state index contributed by atoms with van der Waals surface area (Å²) < 4.78 is 45.0. The minimum atomic E-state index is -4.50. The highest BCUT2D eigenvalue weighted by molar-refractivity contribution is 6.47. The van der Waals surface area contributed by atoms with Crippen LogP contribution in [0.15, 0.2) is 72.9 Å². The number of rotatable bonds is 5. The largest absolute Gasteiger partial charge is 0.495 e. The van der Waals surface area contributed by atoms with E-state index in [1.54, 1.807) is 53.1 Å². The van der Waals surface area contributed by atoms with Crippen molar-refractivity contribution in [2.45, 2.75) is 6.18 Å². The molecule has 0 unspecified atom stereocenters. The third kappa shape index (κ3) is 4.42. The summed E-state index contributed by atoms with van der Waals surface area (Å²) in [6, 6.07) is 15.9. The van der Waals surface area contributed by atoms with Gasteiger partial charge in [-0.05, 0) is 60.2 Å². The van der Waals surface area contributed by atoms with E-state index in [1.165, 1.54) is 7.11 Å². The number of benzene rings is 2. The predicted octanol–water partition coefficient (Wildman–Crippen LogP) is 6.11. The number of carbonyl (C=O) groups excluding carboxylic acids is 2. The highest BCUT2D eigenvalue weighted by atomic mass is 35.5. The van der Waals surface area contributed by atoms with E-state index in [4.69, 9.17) is 16.3 Å². The Labute approximate surface area is 191 Å². The van der Waals surface area contributed by atoms with Gasteiger partial charge in [0.05, 0.1) is 17.7 Å². The second kappa shape index (κ2) is 8.63. The molecule has 0 aliphatic rings. The zero-order chi connectivity index (χ0) is 23.8. The Morgan fingerprint density at radius 1 is 1.00 bits per heavy atom. The van der Waals surface area contributed by atoms with Crippen LogP contribution in [-0.2, 0) is 11.0 Å². The standard InChI is InChI=1S/C24H16ClF3N2O3/c1-33-20-10-5-14(12-19(20)25)18-13-17-4-2-3-11-30(17)21(18)22(31)23(32)29-16-8-6-15(7-9-16)24(26,27)28/h2-13H,1H3,(H,29,32). The Morgan fingerprint density at radius 2 is 1.73 bits per heavy atom. The Hall–Kier alpha value is -3.78. The van der Waals surface area contributed by atoms with E-state index in [0.717, 1.165) is 24.3 Å². The molecule has 1 amide bonds. The number of fused-ring (bicyclic) bond motifs is 1.